The van der Waals surface area contributed by atoms with Crippen molar-refractivity contribution in [2.24, 2.45) is 0 Å². The van der Waals surface area contributed by atoms with Gasteiger partial charge in [0.1, 0.15) is 11.5 Å². The number of hydrogen-bond acceptors (Lipinski definition) is 6. The largest absolute Gasteiger partial charge is 0.476 e. The number of methoxy groups -OCH3 is 1. The standard InChI is InChI=1S/C20H18N2O5/c1-13-12-17(22-27-13)21-19(23)18(14-6-4-3-5-7-14)26-16-10-8-15(9-11-16)20(24)25-2/h3-12,18H,1-2H3,(H,21,22,23)/t18-/m1/s1. The van der Waals surface area contributed by atoms with Crippen molar-refractivity contribution >= 4 is 17.7 Å². The van der Waals surface area contributed by atoms with Gasteiger partial charge in [0.2, 0.25) is 6.10 Å². The first-order valence-electron chi connectivity index (χ1n) is 8.21. The highest BCUT2D eigenvalue weighted by Crippen LogP contribution is 2.24. The van der Waals surface area contributed by atoms with E-state index in [9.17, 15) is 9.59 Å². The van der Waals surface area contributed by atoms with E-state index in [-0.39, 0.29) is 0 Å². The molecule has 0 aliphatic heterocycles. The lowest BCUT2D eigenvalue weighted by Crippen LogP contribution is -2.25. The summed E-state index contributed by atoms with van der Waals surface area (Å²) in [6, 6.07) is 17.0. The van der Waals surface area contributed by atoms with Crippen LogP contribution >= 0.6 is 0 Å². The monoisotopic (exact) mass is 366 g/mol. The predicted octanol–water partition coefficient (Wildman–Crippen LogP) is 3.53. The van der Waals surface area contributed by atoms with E-state index >= 15 is 0 Å². The molecule has 0 saturated heterocycles. The highest BCUT2D eigenvalue weighted by Gasteiger charge is 2.24. The summed E-state index contributed by atoms with van der Waals surface area (Å²) < 4.78 is 15.5. The predicted molar refractivity (Wildman–Crippen MR) is 97.5 cm³/mol. The van der Waals surface area contributed by atoms with Gasteiger partial charge in [-0.15, -0.1) is 0 Å². The Balaban J connectivity index is 1.82. The molecule has 0 unspecified atom stereocenters. The molecule has 2 aromatic carbocycles. The van der Waals surface area contributed by atoms with Crippen LogP contribution in [0.1, 0.15) is 27.8 Å². The lowest BCUT2D eigenvalue weighted by Gasteiger charge is -2.18. The van der Waals surface area contributed by atoms with Crippen molar-refractivity contribution in [3.63, 3.8) is 0 Å². The number of amides is 1. The number of nitrogens with zero attached hydrogens (tertiary/aromatic N) is 1. The van der Waals surface area contributed by atoms with Crippen molar-refractivity contribution in [3.05, 3.63) is 77.6 Å². The topological polar surface area (TPSA) is 90.7 Å². The summed E-state index contributed by atoms with van der Waals surface area (Å²) in [5, 5.41) is 6.44. The van der Waals surface area contributed by atoms with Gasteiger partial charge in [0.15, 0.2) is 5.82 Å². The van der Waals surface area contributed by atoms with Gasteiger partial charge in [0, 0.05) is 11.6 Å². The first kappa shape index (κ1) is 18.2. The van der Waals surface area contributed by atoms with Gasteiger partial charge in [0.05, 0.1) is 12.7 Å². The van der Waals surface area contributed by atoms with E-state index in [2.05, 4.69) is 15.2 Å². The zero-order valence-corrected chi connectivity index (χ0v) is 14.8. The van der Waals surface area contributed by atoms with Crippen molar-refractivity contribution in [2.45, 2.75) is 13.0 Å². The molecule has 0 aliphatic rings. The Bertz CT molecular complexity index is 919. The van der Waals surface area contributed by atoms with Crippen LogP contribution < -0.4 is 10.1 Å². The number of rotatable bonds is 6. The number of nitrogens with one attached hydrogen (secondary N) is 1. The fraction of sp³-hybridized carbons (Fsp3) is 0.150. The average molecular weight is 366 g/mol. The molecule has 3 aromatic rings. The molecule has 1 atom stereocenters. The Morgan fingerprint density at radius 1 is 1.07 bits per heavy atom. The molecule has 0 radical (unpaired) electrons. The summed E-state index contributed by atoms with van der Waals surface area (Å²) >= 11 is 0. The summed E-state index contributed by atoms with van der Waals surface area (Å²) in [5.74, 6) is 0.485. The molecule has 1 aromatic heterocycles. The van der Waals surface area contributed by atoms with Gasteiger partial charge < -0.3 is 19.3 Å². The van der Waals surface area contributed by atoms with Gasteiger partial charge >= 0.3 is 5.97 Å². The van der Waals surface area contributed by atoms with Gasteiger partial charge in [-0.3, -0.25) is 4.79 Å². The molecule has 0 aliphatic carbocycles. The first-order valence-corrected chi connectivity index (χ1v) is 8.21. The van der Waals surface area contributed by atoms with Crippen LogP contribution in [0, 0.1) is 6.92 Å². The number of carbonyl (C=O) groups is 2. The molecule has 3 rings (SSSR count). The van der Waals surface area contributed by atoms with Crippen LogP contribution in [0.4, 0.5) is 5.82 Å². The molecule has 0 fully saturated rings. The van der Waals surface area contributed by atoms with E-state index in [1.807, 2.05) is 18.2 Å². The Labute approximate surface area is 155 Å². The van der Waals surface area contributed by atoms with Crippen molar-refractivity contribution in [1.82, 2.24) is 5.16 Å². The summed E-state index contributed by atoms with van der Waals surface area (Å²) in [6.07, 6.45) is -0.910. The van der Waals surface area contributed by atoms with Gasteiger partial charge in [0.25, 0.3) is 5.91 Å². The van der Waals surface area contributed by atoms with Gasteiger partial charge in [-0.05, 0) is 31.2 Å². The minimum absolute atomic E-state index is 0.308. The summed E-state index contributed by atoms with van der Waals surface area (Å²) in [4.78, 5) is 24.3. The molecule has 0 spiro atoms. The zero-order chi connectivity index (χ0) is 19.2. The second-order valence-corrected chi connectivity index (χ2v) is 5.74. The third-order valence-corrected chi connectivity index (χ3v) is 3.75. The molecule has 0 saturated carbocycles. The molecule has 27 heavy (non-hydrogen) atoms. The molecule has 7 heteroatoms. The third kappa shape index (κ3) is 4.52. The lowest BCUT2D eigenvalue weighted by atomic mass is 10.1. The second-order valence-electron chi connectivity index (χ2n) is 5.74. The minimum Gasteiger partial charge on any atom is -0.476 e. The fourth-order valence-electron chi connectivity index (χ4n) is 2.44. The fourth-order valence-corrected chi connectivity index (χ4v) is 2.44. The van der Waals surface area contributed by atoms with Crippen LogP contribution in [0.2, 0.25) is 0 Å². The number of benzene rings is 2. The summed E-state index contributed by atoms with van der Waals surface area (Å²) in [7, 11) is 1.31. The number of esters is 1. The minimum atomic E-state index is -0.910. The number of carbonyl (C=O) groups excluding carboxylic acids is 2. The maximum atomic E-state index is 12.8. The molecule has 1 heterocycles. The van der Waals surface area contributed by atoms with E-state index in [1.165, 1.54) is 7.11 Å². The SMILES string of the molecule is COC(=O)c1ccc(O[C@@H](C(=O)Nc2cc(C)on2)c2ccccc2)cc1. The number of aryl methyl sites for hydroxylation is 1. The van der Waals surface area contributed by atoms with E-state index in [1.54, 1.807) is 49.4 Å². The number of anilines is 1. The molecule has 7 nitrogen and oxygen atoms in total. The Morgan fingerprint density at radius 2 is 1.78 bits per heavy atom. The summed E-state index contributed by atoms with van der Waals surface area (Å²) in [6.45, 7) is 1.73. The highest BCUT2D eigenvalue weighted by molar-refractivity contribution is 5.94. The van der Waals surface area contributed by atoms with Gasteiger partial charge in [-0.2, -0.15) is 0 Å². The normalized spacial score (nSPS) is 11.5. The quantitative estimate of drug-likeness (QED) is 0.671. The van der Waals surface area contributed by atoms with Crippen LogP contribution in [0.3, 0.4) is 0 Å². The highest BCUT2D eigenvalue weighted by atomic mass is 16.5. The smallest absolute Gasteiger partial charge is 0.337 e. The molecule has 138 valence electrons. The van der Waals surface area contributed by atoms with Crippen molar-refractivity contribution in [2.75, 3.05) is 12.4 Å². The third-order valence-electron chi connectivity index (χ3n) is 3.75. The maximum Gasteiger partial charge on any atom is 0.337 e. The van der Waals surface area contributed by atoms with Crippen LogP contribution in [-0.4, -0.2) is 24.1 Å². The Morgan fingerprint density at radius 3 is 2.37 bits per heavy atom. The van der Waals surface area contributed by atoms with Gasteiger partial charge in [-0.25, -0.2) is 4.79 Å². The Hall–Kier alpha value is -3.61. The van der Waals surface area contributed by atoms with Crippen LogP contribution in [0.5, 0.6) is 5.75 Å². The van der Waals surface area contributed by atoms with Crippen molar-refractivity contribution in [3.8, 4) is 5.75 Å². The first-order chi connectivity index (χ1) is 13.1. The van der Waals surface area contributed by atoms with Crippen LogP contribution in [0.25, 0.3) is 0 Å². The van der Waals surface area contributed by atoms with E-state index in [0.29, 0.717) is 28.5 Å². The molecule has 1 amide bonds. The van der Waals surface area contributed by atoms with E-state index in [0.717, 1.165) is 0 Å². The molecular formula is C20H18N2O5. The summed E-state index contributed by atoms with van der Waals surface area (Å²) in [5.41, 5.74) is 1.07. The number of aromatic nitrogens is 1. The molecule has 0 bridgehead atoms. The van der Waals surface area contributed by atoms with E-state index < -0.39 is 18.0 Å². The maximum absolute atomic E-state index is 12.8. The van der Waals surface area contributed by atoms with Gasteiger partial charge in [-0.1, -0.05) is 35.5 Å². The van der Waals surface area contributed by atoms with E-state index in [4.69, 9.17) is 9.26 Å². The lowest BCUT2D eigenvalue weighted by molar-refractivity contribution is -0.123. The second kappa shape index (κ2) is 8.18. The zero-order valence-electron chi connectivity index (χ0n) is 14.8. The Kier molecular flexibility index (Phi) is 5.51. The molecular weight excluding hydrogens is 348 g/mol. The molecule has 1 N–H and O–H groups in total. The number of hydrogen-bond donors (Lipinski definition) is 1. The van der Waals surface area contributed by atoms with Crippen molar-refractivity contribution < 1.29 is 23.6 Å². The number of ether oxygens (including phenoxy) is 2. The van der Waals surface area contributed by atoms with Crippen LogP contribution in [-0.2, 0) is 9.53 Å². The van der Waals surface area contributed by atoms with Crippen LogP contribution in [0.15, 0.2) is 65.2 Å². The van der Waals surface area contributed by atoms with Crippen molar-refractivity contribution in [1.29, 1.82) is 0 Å². The average Bonchev–Trinajstić information content (AvgIpc) is 3.11.